The molecule has 0 amide bonds. The van der Waals surface area contributed by atoms with Gasteiger partial charge in [-0.15, -0.1) is 11.3 Å². The highest BCUT2D eigenvalue weighted by atomic mass is 35.5. The van der Waals surface area contributed by atoms with E-state index < -0.39 is 34.3 Å². The highest BCUT2D eigenvalue weighted by Gasteiger charge is 2.31. The summed E-state index contributed by atoms with van der Waals surface area (Å²) >= 11 is 7.67. The number of aromatic nitrogens is 2. The number of esters is 1. The lowest BCUT2D eigenvalue weighted by molar-refractivity contribution is -0.154. The summed E-state index contributed by atoms with van der Waals surface area (Å²) in [5.74, 6) is -1.26. The Morgan fingerprint density at radius 1 is 1.21 bits per heavy atom. The van der Waals surface area contributed by atoms with E-state index >= 15 is 0 Å². The highest BCUT2D eigenvalue weighted by Crippen LogP contribution is 2.39. The molecule has 5 N–H and O–H groups in total. The molecule has 0 saturated heterocycles. The molecule has 3 aromatic rings. The monoisotopic (exact) mass is 707 g/mol. The van der Waals surface area contributed by atoms with E-state index in [0.29, 0.717) is 28.7 Å². The quantitative estimate of drug-likeness (QED) is 0.147. The van der Waals surface area contributed by atoms with E-state index in [1.54, 1.807) is 6.92 Å². The number of nitrogens with zero attached hydrogens (tertiary/aromatic N) is 2. The van der Waals surface area contributed by atoms with Crippen molar-refractivity contribution >= 4 is 50.8 Å². The van der Waals surface area contributed by atoms with Crippen molar-refractivity contribution in [2.45, 2.75) is 78.2 Å². The average molecular weight is 708 g/mol. The number of benzene rings is 1. The zero-order valence-corrected chi connectivity index (χ0v) is 29.5. The van der Waals surface area contributed by atoms with Gasteiger partial charge in [0.05, 0.1) is 23.7 Å². The Morgan fingerprint density at radius 2 is 1.96 bits per heavy atom. The van der Waals surface area contributed by atoms with E-state index in [0.717, 1.165) is 28.0 Å². The minimum absolute atomic E-state index is 0.101. The number of hydrogen-bond donors (Lipinski definition) is 3. The Kier molecular flexibility index (Phi) is 12.5. The summed E-state index contributed by atoms with van der Waals surface area (Å²) < 4.78 is 39.9. The molecule has 0 aliphatic carbocycles. The lowest BCUT2D eigenvalue weighted by Gasteiger charge is -2.28. The van der Waals surface area contributed by atoms with Gasteiger partial charge in [0.2, 0.25) is 5.78 Å². The van der Waals surface area contributed by atoms with Crippen LogP contribution < -0.4 is 16.2 Å². The van der Waals surface area contributed by atoms with Gasteiger partial charge in [-0.3, -0.25) is 13.8 Å². The zero-order valence-electron chi connectivity index (χ0n) is 27.1. The molecular formula is C32H42ClN5O7S2. The van der Waals surface area contributed by atoms with Crippen LogP contribution in [-0.2, 0) is 35.2 Å². The summed E-state index contributed by atoms with van der Waals surface area (Å²) in [6.45, 7) is 9.42. The van der Waals surface area contributed by atoms with E-state index in [4.69, 9.17) is 36.1 Å². The fourth-order valence-electron chi connectivity index (χ4n) is 5.45. The van der Waals surface area contributed by atoms with Crippen LogP contribution in [0.25, 0.3) is 0 Å². The first-order chi connectivity index (χ1) is 22.2. The van der Waals surface area contributed by atoms with Crippen LogP contribution >= 0.6 is 22.9 Å². The van der Waals surface area contributed by atoms with Crippen molar-refractivity contribution in [1.29, 1.82) is 0 Å². The van der Waals surface area contributed by atoms with Crippen LogP contribution in [0.1, 0.15) is 83.4 Å². The van der Waals surface area contributed by atoms with Crippen LogP contribution in [0.4, 0.5) is 5.82 Å². The smallest absolute Gasteiger partial charge is 0.333 e. The molecular weight excluding hydrogens is 666 g/mol. The lowest BCUT2D eigenvalue weighted by atomic mass is 9.93. The molecule has 4 rings (SSSR count). The van der Waals surface area contributed by atoms with Gasteiger partial charge in [-0.2, -0.15) is 8.42 Å². The summed E-state index contributed by atoms with van der Waals surface area (Å²) in [6.07, 6.45) is 3.42. The largest absolute Gasteiger partial charge is 0.461 e. The number of ether oxygens (including phenoxy) is 2. The van der Waals surface area contributed by atoms with Crippen LogP contribution in [0.2, 0.25) is 5.02 Å². The second-order valence-corrected chi connectivity index (χ2v) is 14.9. The summed E-state index contributed by atoms with van der Waals surface area (Å²) in [5, 5.41) is 8.95. The Balaban J connectivity index is 1.52. The molecule has 47 heavy (non-hydrogen) atoms. The van der Waals surface area contributed by atoms with E-state index in [1.807, 2.05) is 52.0 Å². The third-order valence-electron chi connectivity index (χ3n) is 8.45. The average Bonchev–Trinajstić information content (AvgIpc) is 3.42. The maximum absolute atomic E-state index is 13.9. The number of rotatable bonds is 15. The fourth-order valence-corrected chi connectivity index (χ4v) is 7.00. The number of anilines is 1. The second-order valence-electron chi connectivity index (χ2n) is 12.0. The molecule has 256 valence electrons. The van der Waals surface area contributed by atoms with Crippen molar-refractivity contribution in [3.63, 3.8) is 0 Å². The van der Waals surface area contributed by atoms with Crippen LogP contribution in [0.15, 0.2) is 36.8 Å². The molecule has 2 aromatic heterocycles. The number of hydrogen-bond acceptors (Lipinski definition) is 12. The van der Waals surface area contributed by atoms with Gasteiger partial charge in [0.15, 0.2) is 0 Å². The molecule has 12 nitrogen and oxygen atoms in total. The molecule has 0 unspecified atom stereocenters. The van der Waals surface area contributed by atoms with E-state index in [9.17, 15) is 18.0 Å². The number of aryl methyl sites for hydroxylation is 1. The minimum atomic E-state index is -4.25. The molecule has 0 fully saturated rings. The van der Waals surface area contributed by atoms with Crippen LogP contribution in [0.5, 0.6) is 0 Å². The normalized spacial score (nSPS) is 18.0. The molecule has 1 aliphatic rings. The number of carbonyl (C=O) groups is 2. The number of nitrogens with two attached hydrogens (primary N) is 2. The van der Waals surface area contributed by atoms with Gasteiger partial charge in [0.1, 0.15) is 30.4 Å². The Hall–Kier alpha value is -2.98. The van der Waals surface area contributed by atoms with Gasteiger partial charge < -0.3 is 20.5 Å². The van der Waals surface area contributed by atoms with Crippen molar-refractivity contribution in [2.24, 2.45) is 22.7 Å². The van der Waals surface area contributed by atoms with Crippen LogP contribution in [-0.4, -0.2) is 61.5 Å². The number of thiophene rings is 1. The topological polar surface area (TPSA) is 186 Å². The molecule has 3 heterocycles. The number of fused-ring (bicyclic) bond motifs is 1. The second kappa shape index (κ2) is 15.9. The molecule has 1 aliphatic heterocycles. The SMILES string of the molecule is CC[C@H](C)[C@H](N)C(=O)O[C@@H](C)[C@@H](COS(N)(=O)=O)C[C@H](C)Nc1ncncc1C(=O)c1cc([C@@H]2OCCc3ccc(Cl)cc32)c(C)s1. The van der Waals surface area contributed by atoms with Crippen molar-refractivity contribution < 1.29 is 31.7 Å². The third kappa shape index (κ3) is 9.56. The summed E-state index contributed by atoms with van der Waals surface area (Å²) in [5.41, 5.74) is 9.36. The van der Waals surface area contributed by atoms with Crippen molar-refractivity contribution in [3.8, 4) is 0 Å². The Bertz CT molecular complexity index is 1690. The standard InChI is InChI=1S/C32H42ClN5O7S2/c1-6-17(2)28(34)32(40)45-19(4)22(15-44-47(35,41)42)11-18(3)38-31-26(14-36-16-37-31)29(39)27-13-24(20(5)46-27)30-25-12-23(33)8-7-21(25)9-10-43-30/h7-8,12-14,16-19,22,28,30H,6,9-11,15,34H2,1-5H3,(H2,35,41,42)(H,36,37,38)/t17-,18-,19-,22+,28-,30-/m0/s1. The molecule has 0 saturated carbocycles. The summed E-state index contributed by atoms with van der Waals surface area (Å²) in [4.78, 5) is 36.4. The molecule has 0 radical (unpaired) electrons. The number of ketones is 1. The van der Waals surface area contributed by atoms with Crippen LogP contribution in [0.3, 0.4) is 0 Å². The van der Waals surface area contributed by atoms with Crippen molar-refractivity contribution in [3.05, 3.63) is 73.8 Å². The molecule has 15 heteroatoms. The molecule has 6 atom stereocenters. The maximum Gasteiger partial charge on any atom is 0.333 e. The maximum atomic E-state index is 13.9. The van der Waals surface area contributed by atoms with Gasteiger partial charge in [-0.05, 0) is 74.4 Å². The number of nitrogens with one attached hydrogen (secondary N) is 1. The van der Waals surface area contributed by atoms with Gasteiger partial charge in [-0.1, -0.05) is 37.9 Å². The van der Waals surface area contributed by atoms with Gasteiger partial charge in [-0.25, -0.2) is 15.1 Å². The summed E-state index contributed by atoms with van der Waals surface area (Å²) in [6, 6.07) is 6.44. The predicted octanol–water partition coefficient (Wildman–Crippen LogP) is 4.72. The highest BCUT2D eigenvalue weighted by molar-refractivity contribution is 7.84. The van der Waals surface area contributed by atoms with Crippen molar-refractivity contribution in [1.82, 2.24) is 9.97 Å². The van der Waals surface area contributed by atoms with Gasteiger partial charge >= 0.3 is 16.3 Å². The number of halogens is 1. The van der Waals surface area contributed by atoms with Crippen molar-refractivity contribution in [2.75, 3.05) is 18.5 Å². The van der Waals surface area contributed by atoms with E-state index in [2.05, 4.69) is 15.3 Å². The molecule has 1 aromatic carbocycles. The molecule has 0 spiro atoms. The Labute approximate surface area is 284 Å². The Morgan fingerprint density at radius 3 is 2.66 bits per heavy atom. The summed E-state index contributed by atoms with van der Waals surface area (Å²) in [7, 11) is -4.25. The lowest BCUT2D eigenvalue weighted by Crippen LogP contribution is -2.42. The minimum Gasteiger partial charge on any atom is -0.461 e. The molecule has 0 bridgehead atoms. The first-order valence-corrected chi connectivity index (χ1v) is 18.1. The third-order valence-corrected chi connectivity index (χ3v) is 10.2. The first kappa shape index (κ1) is 36.8. The number of carbonyl (C=O) groups excluding carboxylic acids is 2. The van der Waals surface area contributed by atoms with E-state index in [-0.39, 0.29) is 42.4 Å². The predicted molar refractivity (Wildman–Crippen MR) is 181 cm³/mol. The van der Waals surface area contributed by atoms with Crippen LogP contribution in [0, 0.1) is 18.8 Å². The first-order valence-electron chi connectivity index (χ1n) is 15.4. The van der Waals surface area contributed by atoms with Gasteiger partial charge in [0, 0.05) is 28.1 Å². The fraction of sp³-hybridized carbons (Fsp3) is 0.500. The van der Waals surface area contributed by atoms with Gasteiger partial charge in [0.25, 0.3) is 0 Å². The zero-order chi connectivity index (χ0) is 34.5. The van der Waals surface area contributed by atoms with E-state index in [1.165, 1.54) is 23.9 Å².